The molecule has 126 valence electrons. The number of hydrogen-bond acceptors (Lipinski definition) is 2. The number of rotatable bonds is 5. The van der Waals surface area contributed by atoms with E-state index in [2.05, 4.69) is 5.32 Å². The van der Waals surface area contributed by atoms with Gasteiger partial charge < -0.3 is 10.1 Å². The number of hydrogen-bond donors (Lipinski definition) is 1. The highest BCUT2D eigenvalue weighted by atomic mass is 35.5. The Morgan fingerprint density at radius 3 is 2.32 bits per heavy atom. The van der Waals surface area contributed by atoms with Gasteiger partial charge in [0.05, 0.1) is 5.69 Å². The number of benzene rings is 3. The molecule has 1 N–H and O–H groups in total. The van der Waals surface area contributed by atoms with Crippen LogP contribution >= 0.6 is 11.6 Å². The van der Waals surface area contributed by atoms with Crippen LogP contribution in [0.4, 0.5) is 10.1 Å². The number of amides is 1. The Morgan fingerprint density at radius 2 is 1.64 bits per heavy atom. The molecular formula is C20H15ClFNO2. The van der Waals surface area contributed by atoms with Gasteiger partial charge in [0.25, 0.3) is 5.91 Å². The molecule has 0 radical (unpaired) electrons. The van der Waals surface area contributed by atoms with Crippen LogP contribution in [-0.4, -0.2) is 5.91 Å². The van der Waals surface area contributed by atoms with Gasteiger partial charge in [-0.25, -0.2) is 4.39 Å². The van der Waals surface area contributed by atoms with Gasteiger partial charge in [0.15, 0.2) is 0 Å². The first-order valence-corrected chi connectivity index (χ1v) is 8.03. The quantitative estimate of drug-likeness (QED) is 0.673. The molecule has 5 heteroatoms. The van der Waals surface area contributed by atoms with Crippen LogP contribution in [0.25, 0.3) is 0 Å². The molecule has 0 unspecified atom stereocenters. The molecular weight excluding hydrogens is 341 g/mol. The van der Waals surface area contributed by atoms with E-state index in [0.717, 1.165) is 5.56 Å². The zero-order valence-electron chi connectivity index (χ0n) is 13.2. The Balaban J connectivity index is 1.60. The predicted octanol–water partition coefficient (Wildman–Crippen LogP) is 5.31. The standard InChI is InChI=1S/C20H15ClFNO2/c21-16-9-11-17(12-10-16)25-13-14-5-7-15(8-6-14)20(24)23-19-4-2-1-3-18(19)22/h1-12H,13H2,(H,23,24). The number of anilines is 1. The number of nitrogens with one attached hydrogen (secondary N) is 1. The summed E-state index contributed by atoms with van der Waals surface area (Å²) in [6.07, 6.45) is 0. The molecule has 0 bridgehead atoms. The van der Waals surface area contributed by atoms with Crippen molar-refractivity contribution in [1.29, 1.82) is 0 Å². The first kappa shape index (κ1) is 17.0. The molecule has 0 atom stereocenters. The van der Waals surface area contributed by atoms with Gasteiger partial charge >= 0.3 is 0 Å². The summed E-state index contributed by atoms with van der Waals surface area (Å²) in [5.41, 5.74) is 1.51. The van der Waals surface area contributed by atoms with Crippen molar-refractivity contribution >= 4 is 23.2 Å². The third kappa shape index (κ3) is 4.58. The van der Waals surface area contributed by atoms with Gasteiger partial charge in [-0.15, -0.1) is 0 Å². The topological polar surface area (TPSA) is 38.3 Å². The Bertz CT molecular complexity index is 864. The SMILES string of the molecule is O=C(Nc1ccccc1F)c1ccc(COc2ccc(Cl)cc2)cc1. The highest BCUT2D eigenvalue weighted by Gasteiger charge is 2.09. The van der Waals surface area contributed by atoms with E-state index in [4.69, 9.17) is 16.3 Å². The molecule has 0 saturated heterocycles. The molecule has 0 aliphatic carbocycles. The Labute approximate surface area is 150 Å². The number of para-hydroxylation sites is 1. The molecule has 3 aromatic rings. The Kier molecular flexibility index (Phi) is 5.31. The van der Waals surface area contributed by atoms with Crippen LogP contribution in [0, 0.1) is 5.82 Å². The van der Waals surface area contributed by atoms with E-state index in [9.17, 15) is 9.18 Å². The molecule has 1 amide bonds. The van der Waals surface area contributed by atoms with E-state index in [1.165, 1.54) is 12.1 Å². The summed E-state index contributed by atoms with van der Waals surface area (Å²) in [7, 11) is 0. The summed E-state index contributed by atoms with van der Waals surface area (Å²) in [4.78, 5) is 12.2. The fourth-order valence-corrected chi connectivity index (χ4v) is 2.33. The van der Waals surface area contributed by atoms with E-state index >= 15 is 0 Å². The van der Waals surface area contributed by atoms with Gasteiger partial charge in [0.1, 0.15) is 18.2 Å². The fourth-order valence-electron chi connectivity index (χ4n) is 2.21. The highest BCUT2D eigenvalue weighted by molar-refractivity contribution is 6.30. The minimum atomic E-state index is -0.469. The summed E-state index contributed by atoms with van der Waals surface area (Å²) < 4.78 is 19.2. The van der Waals surface area contributed by atoms with Crippen LogP contribution in [0.3, 0.4) is 0 Å². The van der Waals surface area contributed by atoms with E-state index in [1.54, 1.807) is 60.7 Å². The molecule has 0 heterocycles. The zero-order valence-corrected chi connectivity index (χ0v) is 14.0. The predicted molar refractivity (Wildman–Crippen MR) is 96.6 cm³/mol. The fraction of sp³-hybridized carbons (Fsp3) is 0.0500. The smallest absolute Gasteiger partial charge is 0.255 e. The minimum absolute atomic E-state index is 0.155. The van der Waals surface area contributed by atoms with Crippen molar-refractivity contribution in [2.45, 2.75) is 6.61 Å². The van der Waals surface area contributed by atoms with Crippen molar-refractivity contribution in [3.63, 3.8) is 0 Å². The summed E-state index contributed by atoms with van der Waals surface area (Å²) in [5, 5.41) is 3.20. The molecule has 0 saturated carbocycles. The van der Waals surface area contributed by atoms with Crippen LogP contribution in [0.2, 0.25) is 5.02 Å². The maximum absolute atomic E-state index is 13.6. The molecule has 0 aliphatic rings. The van der Waals surface area contributed by atoms with E-state index in [1.807, 2.05) is 0 Å². The monoisotopic (exact) mass is 355 g/mol. The minimum Gasteiger partial charge on any atom is -0.489 e. The zero-order chi connectivity index (χ0) is 17.6. The molecule has 0 aromatic heterocycles. The van der Waals surface area contributed by atoms with Crippen molar-refractivity contribution in [2.24, 2.45) is 0 Å². The molecule has 3 rings (SSSR count). The van der Waals surface area contributed by atoms with Gasteiger partial charge in [-0.3, -0.25) is 4.79 Å². The molecule has 0 spiro atoms. The van der Waals surface area contributed by atoms with Crippen molar-refractivity contribution in [2.75, 3.05) is 5.32 Å². The normalized spacial score (nSPS) is 10.3. The molecule has 0 aliphatic heterocycles. The average molecular weight is 356 g/mol. The maximum Gasteiger partial charge on any atom is 0.255 e. The largest absolute Gasteiger partial charge is 0.489 e. The van der Waals surface area contributed by atoms with E-state index < -0.39 is 5.82 Å². The van der Waals surface area contributed by atoms with E-state index in [-0.39, 0.29) is 11.6 Å². The lowest BCUT2D eigenvalue weighted by atomic mass is 10.1. The third-order valence-corrected chi connectivity index (χ3v) is 3.81. The second-order valence-electron chi connectivity index (χ2n) is 5.37. The van der Waals surface area contributed by atoms with Crippen LogP contribution in [0.5, 0.6) is 5.75 Å². The second kappa shape index (κ2) is 7.81. The van der Waals surface area contributed by atoms with Gasteiger partial charge in [0, 0.05) is 10.6 Å². The maximum atomic E-state index is 13.6. The summed E-state index contributed by atoms with van der Waals surface area (Å²) in [6, 6.07) is 20.1. The average Bonchev–Trinajstić information content (AvgIpc) is 2.63. The molecule has 25 heavy (non-hydrogen) atoms. The van der Waals surface area contributed by atoms with Crippen molar-refractivity contribution in [1.82, 2.24) is 0 Å². The first-order chi connectivity index (χ1) is 12.1. The van der Waals surface area contributed by atoms with Crippen molar-refractivity contribution < 1.29 is 13.9 Å². The number of halogens is 2. The highest BCUT2D eigenvalue weighted by Crippen LogP contribution is 2.18. The van der Waals surface area contributed by atoms with Crippen LogP contribution in [0.1, 0.15) is 15.9 Å². The van der Waals surface area contributed by atoms with Gasteiger partial charge in [-0.05, 0) is 54.1 Å². The third-order valence-electron chi connectivity index (χ3n) is 3.56. The summed E-state index contributed by atoms with van der Waals surface area (Å²) in [6.45, 7) is 0.372. The van der Waals surface area contributed by atoms with E-state index in [0.29, 0.717) is 22.9 Å². The lowest BCUT2D eigenvalue weighted by Gasteiger charge is -2.08. The number of carbonyl (C=O) groups excluding carboxylic acids is 1. The van der Waals surface area contributed by atoms with Crippen molar-refractivity contribution in [3.05, 3.63) is 94.8 Å². The lowest BCUT2D eigenvalue weighted by Crippen LogP contribution is -2.13. The van der Waals surface area contributed by atoms with Crippen molar-refractivity contribution in [3.8, 4) is 5.75 Å². The first-order valence-electron chi connectivity index (χ1n) is 7.65. The van der Waals surface area contributed by atoms with Gasteiger partial charge in [-0.2, -0.15) is 0 Å². The second-order valence-corrected chi connectivity index (χ2v) is 5.81. The van der Waals surface area contributed by atoms with Gasteiger partial charge in [-0.1, -0.05) is 35.9 Å². The summed E-state index contributed by atoms with van der Waals surface area (Å²) >= 11 is 5.83. The van der Waals surface area contributed by atoms with Crippen LogP contribution < -0.4 is 10.1 Å². The summed E-state index contributed by atoms with van der Waals surface area (Å²) in [5.74, 6) is -0.120. The Morgan fingerprint density at radius 1 is 0.960 bits per heavy atom. The lowest BCUT2D eigenvalue weighted by molar-refractivity contribution is 0.102. The van der Waals surface area contributed by atoms with Crippen LogP contribution in [-0.2, 0) is 6.61 Å². The van der Waals surface area contributed by atoms with Gasteiger partial charge in [0.2, 0.25) is 0 Å². The number of ether oxygens (including phenoxy) is 1. The van der Waals surface area contributed by atoms with Crippen LogP contribution in [0.15, 0.2) is 72.8 Å². The number of carbonyl (C=O) groups is 1. The Hall–Kier alpha value is -2.85. The molecule has 3 nitrogen and oxygen atoms in total. The molecule has 0 fully saturated rings. The molecule has 3 aromatic carbocycles.